The first kappa shape index (κ1) is 27.6. The zero-order valence-electron chi connectivity index (χ0n) is 23.6. The van der Waals surface area contributed by atoms with E-state index in [1.807, 2.05) is 45.5 Å². The molecule has 2 amide bonds. The Balaban J connectivity index is 1.47. The van der Waals surface area contributed by atoms with E-state index in [1.54, 1.807) is 45.9 Å². The Labute approximate surface area is 237 Å². The maximum absolute atomic E-state index is 13.7. The second kappa shape index (κ2) is 10.5. The van der Waals surface area contributed by atoms with Crippen molar-refractivity contribution in [2.75, 3.05) is 13.6 Å². The fourth-order valence-corrected chi connectivity index (χ4v) is 4.88. The summed E-state index contributed by atoms with van der Waals surface area (Å²) in [6, 6.07) is 5.20. The molecule has 0 atom stereocenters. The predicted molar refractivity (Wildman–Crippen MR) is 150 cm³/mol. The Kier molecular flexibility index (Phi) is 7.26. The van der Waals surface area contributed by atoms with Crippen molar-refractivity contribution in [3.05, 3.63) is 63.8 Å². The smallest absolute Gasteiger partial charge is 0.410 e. The quantitative estimate of drug-likeness (QED) is 0.349. The Hall–Kier alpha value is -3.99. The topological polar surface area (TPSA) is 111 Å². The fraction of sp³-hybridized carbons (Fsp3) is 0.429. The normalized spacial score (nSPS) is 13.4. The molecule has 4 aromatic rings. The minimum atomic E-state index is -0.580. The van der Waals surface area contributed by atoms with Crippen LogP contribution >= 0.6 is 11.6 Å². The van der Waals surface area contributed by atoms with E-state index < -0.39 is 5.60 Å². The minimum Gasteiger partial charge on any atom is -0.444 e. The average molecular weight is 565 g/mol. The van der Waals surface area contributed by atoms with Gasteiger partial charge < -0.3 is 14.5 Å². The van der Waals surface area contributed by atoms with Crippen LogP contribution in [0.15, 0.2) is 30.6 Å². The van der Waals surface area contributed by atoms with Gasteiger partial charge in [0.05, 0.1) is 24.0 Å². The molecular formula is C28H33ClN8O3. The van der Waals surface area contributed by atoms with E-state index in [9.17, 15) is 9.59 Å². The van der Waals surface area contributed by atoms with Gasteiger partial charge in [-0.15, -0.1) is 0 Å². The van der Waals surface area contributed by atoms with Gasteiger partial charge >= 0.3 is 6.09 Å². The number of halogens is 1. The molecule has 0 saturated heterocycles. The summed E-state index contributed by atoms with van der Waals surface area (Å²) in [5.74, 6) is -0.00707. The van der Waals surface area contributed by atoms with E-state index in [0.717, 1.165) is 29.1 Å². The number of rotatable bonds is 5. The van der Waals surface area contributed by atoms with E-state index in [4.69, 9.17) is 21.4 Å². The van der Waals surface area contributed by atoms with Crippen LogP contribution in [0.3, 0.4) is 0 Å². The largest absolute Gasteiger partial charge is 0.444 e. The Morgan fingerprint density at radius 3 is 2.67 bits per heavy atom. The van der Waals surface area contributed by atoms with Crippen molar-refractivity contribution in [3.63, 3.8) is 0 Å². The molecule has 0 spiro atoms. The van der Waals surface area contributed by atoms with E-state index in [2.05, 4.69) is 15.1 Å². The molecule has 0 bridgehead atoms. The molecule has 0 fully saturated rings. The van der Waals surface area contributed by atoms with Crippen LogP contribution in [-0.4, -0.2) is 70.5 Å². The first-order valence-electron chi connectivity index (χ1n) is 13.2. The minimum absolute atomic E-state index is 0.231. The van der Waals surface area contributed by atoms with Gasteiger partial charge in [-0.2, -0.15) is 10.2 Å². The maximum Gasteiger partial charge on any atom is 0.410 e. The summed E-state index contributed by atoms with van der Waals surface area (Å²) < 4.78 is 9.00. The third-order valence-electron chi connectivity index (χ3n) is 6.83. The number of fused-ring (bicyclic) bond motifs is 2. The van der Waals surface area contributed by atoms with Gasteiger partial charge in [-0.1, -0.05) is 11.6 Å². The second-order valence-electron chi connectivity index (χ2n) is 11.0. The fourth-order valence-electron chi connectivity index (χ4n) is 4.71. The molecule has 12 heteroatoms. The van der Waals surface area contributed by atoms with Crippen LogP contribution in [0.25, 0.3) is 16.9 Å². The van der Waals surface area contributed by atoms with E-state index in [1.165, 1.54) is 0 Å². The van der Waals surface area contributed by atoms with Gasteiger partial charge in [-0.25, -0.2) is 19.4 Å². The molecule has 1 aliphatic rings. The summed E-state index contributed by atoms with van der Waals surface area (Å²) in [6.45, 7) is 11.5. The standard InChI is InChI=1S/C28H33ClN8O3/c1-7-36-17(2)19(13-30-36)14-34(6)25(38)24-21-12-20(29)8-9-22(21)31-26(32-24)37-15-18-10-11-35(16-23(18)33-37)27(39)40-28(3,4)5/h8-9,12-13,15H,7,10-11,14,16H2,1-6H3. The van der Waals surface area contributed by atoms with Gasteiger partial charge in [0, 0.05) is 54.5 Å². The molecule has 0 unspecified atom stereocenters. The number of hydrogen-bond acceptors (Lipinski definition) is 7. The van der Waals surface area contributed by atoms with Gasteiger partial charge in [0.25, 0.3) is 11.9 Å². The third-order valence-corrected chi connectivity index (χ3v) is 7.07. The summed E-state index contributed by atoms with van der Waals surface area (Å²) in [4.78, 5) is 39.0. The molecule has 3 aromatic heterocycles. The molecule has 5 rings (SSSR count). The van der Waals surface area contributed by atoms with E-state index in [0.29, 0.717) is 42.0 Å². The number of hydrogen-bond donors (Lipinski definition) is 0. The number of amides is 2. The van der Waals surface area contributed by atoms with Gasteiger partial charge in [0.2, 0.25) is 0 Å². The monoisotopic (exact) mass is 564 g/mol. The van der Waals surface area contributed by atoms with Crippen LogP contribution in [0.2, 0.25) is 5.02 Å². The first-order chi connectivity index (χ1) is 18.9. The van der Waals surface area contributed by atoms with Crippen LogP contribution < -0.4 is 0 Å². The molecule has 4 heterocycles. The molecule has 11 nitrogen and oxygen atoms in total. The Morgan fingerprint density at radius 2 is 1.98 bits per heavy atom. The number of aromatic nitrogens is 6. The van der Waals surface area contributed by atoms with Crippen molar-refractivity contribution in [3.8, 4) is 5.95 Å². The highest BCUT2D eigenvalue weighted by Crippen LogP contribution is 2.25. The van der Waals surface area contributed by atoms with Crippen molar-refractivity contribution in [2.24, 2.45) is 0 Å². The van der Waals surface area contributed by atoms with Gasteiger partial charge in [-0.05, 0) is 64.8 Å². The highest BCUT2D eigenvalue weighted by atomic mass is 35.5. The predicted octanol–water partition coefficient (Wildman–Crippen LogP) is 4.56. The van der Waals surface area contributed by atoms with Crippen molar-refractivity contribution in [1.82, 2.24) is 39.3 Å². The molecular weight excluding hydrogens is 532 g/mol. The zero-order valence-corrected chi connectivity index (χ0v) is 24.4. The Bertz CT molecular complexity index is 1600. The molecule has 0 aliphatic carbocycles. The van der Waals surface area contributed by atoms with E-state index >= 15 is 0 Å². The highest BCUT2D eigenvalue weighted by molar-refractivity contribution is 6.31. The van der Waals surface area contributed by atoms with Gasteiger partial charge in [-0.3, -0.25) is 9.48 Å². The molecule has 210 valence electrons. The van der Waals surface area contributed by atoms with Gasteiger partial charge in [0.15, 0.2) is 0 Å². The lowest BCUT2D eigenvalue weighted by atomic mass is 10.1. The number of nitrogens with zero attached hydrogens (tertiary/aromatic N) is 8. The lowest BCUT2D eigenvalue weighted by Gasteiger charge is -2.29. The summed E-state index contributed by atoms with van der Waals surface area (Å²) in [5.41, 5.74) is 3.94. The van der Waals surface area contributed by atoms with Crippen LogP contribution in [0.1, 0.15) is 60.7 Å². The SMILES string of the molecule is CCn1ncc(CN(C)C(=O)c2nc(-n3cc4c(n3)CN(C(=O)OC(C)(C)C)CC4)nc3ccc(Cl)cc23)c1C. The molecule has 1 aromatic carbocycles. The van der Waals surface area contributed by atoms with Crippen LogP contribution in [0.5, 0.6) is 0 Å². The molecule has 0 saturated carbocycles. The lowest BCUT2D eigenvalue weighted by Crippen LogP contribution is -2.39. The first-order valence-corrected chi connectivity index (χ1v) is 13.6. The number of ether oxygens (including phenoxy) is 1. The number of aryl methyl sites for hydroxylation is 1. The second-order valence-corrected chi connectivity index (χ2v) is 11.4. The van der Waals surface area contributed by atoms with Crippen LogP contribution in [-0.2, 0) is 30.8 Å². The van der Waals surface area contributed by atoms with Crippen molar-refractivity contribution < 1.29 is 14.3 Å². The third kappa shape index (κ3) is 5.51. The average Bonchev–Trinajstić information content (AvgIpc) is 3.49. The van der Waals surface area contributed by atoms with Crippen molar-refractivity contribution in [1.29, 1.82) is 0 Å². The molecule has 0 N–H and O–H groups in total. The van der Waals surface area contributed by atoms with Crippen molar-refractivity contribution >= 4 is 34.5 Å². The Morgan fingerprint density at radius 1 is 1.20 bits per heavy atom. The number of benzene rings is 1. The van der Waals surface area contributed by atoms with Crippen LogP contribution in [0.4, 0.5) is 4.79 Å². The summed E-state index contributed by atoms with van der Waals surface area (Å²) >= 11 is 6.30. The van der Waals surface area contributed by atoms with E-state index in [-0.39, 0.29) is 23.6 Å². The lowest BCUT2D eigenvalue weighted by molar-refractivity contribution is 0.0221. The van der Waals surface area contributed by atoms with Gasteiger partial charge in [0.1, 0.15) is 11.3 Å². The summed E-state index contributed by atoms with van der Waals surface area (Å²) in [5, 5.41) is 10.1. The van der Waals surface area contributed by atoms with Crippen LogP contribution in [0, 0.1) is 6.92 Å². The highest BCUT2D eigenvalue weighted by Gasteiger charge is 2.28. The van der Waals surface area contributed by atoms with Crippen molar-refractivity contribution in [2.45, 2.75) is 66.3 Å². The maximum atomic E-state index is 13.7. The molecule has 40 heavy (non-hydrogen) atoms. The molecule has 1 aliphatic heterocycles. The summed E-state index contributed by atoms with van der Waals surface area (Å²) in [6.07, 6.45) is 3.90. The summed E-state index contributed by atoms with van der Waals surface area (Å²) in [7, 11) is 1.74. The number of carbonyl (C=O) groups is 2. The zero-order chi connectivity index (χ0) is 28.8. The molecule has 0 radical (unpaired) electrons. The number of carbonyl (C=O) groups excluding carboxylic acids is 2.